The summed E-state index contributed by atoms with van der Waals surface area (Å²) in [4.78, 5) is 15.0. The predicted octanol–water partition coefficient (Wildman–Crippen LogP) is 4.45. The maximum absolute atomic E-state index is 12.6. The second-order valence-corrected chi connectivity index (χ2v) is 8.12. The Morgan fingerprint density at radius 2 is 1.86 bits per heavy atom. The molecule has 0 saturated carbocycles. The number of likely N-dealkylation sites (N-methyl/N-ethyl adjacent to an activating group) is 1. The molecule has 29 heavy (non-hydrogen) atoms. The van der Waals surface area contributed by atoms with Gasteiger partial charge in [-0.15, -0.1) is 0 Å². The quantitative estimate of drug-likeness (QED) is 0.568. The van der Waals surface area contributed by atoms with Gasteiger partial charge in [0.05, 0.1) is 19.8 Å². The van der Waals surface area contributed by atoms with Gasteiger partial charge in [0.1, 0.15) is 0 Å². The molecule has 6 heteroatoms. The highest BCUT2D eigenvalue weighted by Gasteiger charge is 2.15. The van der Waals surface area contributed by atoms with Crippen LogP contribution in [0.4, 0.5) is 0 Å². The largest absolute Gasteiger partial charge is 0.493 e. The topological polar surface area (TPSA) is 55.8 Å². The van der Waals surface area contributed by atoms with Crippen molar-refractivity contribution < 1.29 is 18.5 Å². The van der Waals surface area contributed by atoms with E-state index in [9.17, 15) is 9.00 Å². The van der Waals surface area contributed by atoms with E-state index < -0.39 is 10.8 Å². The molecule has 2 aromatic carbocycles. The van der Waals surface area contributed by atoms with Crippen molar-refractivity contribution in [3.8, 4) is 11.5 Å². The molecular formula is C23H29NO4S. The standard InChI is InChI=1S/C23H29NO4S/c1-6-15-28-21-13-7-18(16-22(21)27-4)8-14-23(25)24(3)17(2)19-9-11-20(12-10-19)29(5)26/h7-14,16-17H,6,15H2,1-5H3/b14-8+/t17-,29+/m1/s1. The summed E-state index contributed by atoms with van der Waals surface area (Å²) in [7, 11) is 2.36. The first-order valence-corrected chi connectivity index (χ1v) is 11.1. The van der Waals surface area contributed by atoms with Crippen molar-refractivity contribution in [1.29, 1.82) is 0 Å². The lowest BCUT2D eigenvalue weighted by Crippen LogP contribution is -2.27. The Kier molecular flexibility index (Phi) is 8.46. The Labute approximate surface area is 175 Å². The number of carbonyl (C=O) groups is 1. The Bertz CT molecular complexity index is 877. The van der Waals surface area contributed by atoms with E-state index >= 15 is 0 Å². The first-order valence-electron chi connectivity index (χ1n) is 9.56. The van der Waals surface area contributed by atoms with E-state index in [2.05, 4.69) is 0 Å². The number of hydrogen-bond acceptors (Lipinski definition) is 4. The monoisotopic (exact) mass is 415 g/mol. The second kappa shape index (κ2) is 10.8. The Hall–Kier alpha value is -2.60. The molecule has 0 fully saturated rings. The van der Waals surface area contributed by atoms with Gasteiger partial charge in [-0.25, -0.2) is 0 Å². The van der Waals surface area contributed by atoms with E-state index in [1.54, 1.807) is 37.5 Å². The minimum atomic E-state index is -1.01. The molecule has 0 saturated heterocycles. The van der Waals surface area contributed by atoms with Crippen LogP contribution >= 0.6 is 0 Å². The third-order valence-electron chi connectivity index (χ3n) is 4.69. The van der Waals surface area contributed by atoms with Crippen molar-refractivity contribution in [3.05, 3.63) is 59.7 Å². The summed E-state index contributed by atoms with van der Waals surface area (Å²) in [5.41, 5.74) is 1.84. The number of hydrogen-bond donors (Lipinski definition) is 0. The van der Waals surface area contributed by atoms with Crippen LogP contribution in [0.5, 0.6) is 11.5 Å². The van der Waals surface area contributed by atoms with Gasteiger partial charge >= 0.3 is 0 Å². The van der Waals surface area contributed by atoms with Gasteiger partial charge in [0.2, 0.25) is 5.91 Å². The summed E-state index contributed by atoms with van der Waals surface area (Å²) in [6.07, 6.45) is 5.88. The van der Waals surface area contributed by atoms with Crippen LogP contribution in [0.1, 0.15) is 37.4 Å². The number of carbonyl (C=O) groups excluding carboxylic acids is 1. The maximum Gasteiger partial charge on any atom is 0.246 e. The number of benzene rings is 2. The molecule has 5 nitrogen and oxygen atoms in total. The summed E-state index contributed by atoms with van der Waals surface area (Å²) in [6.45, 7) is 4.64. The van der Waals surface area contributed by atoms with Gasteiger partial charge in [-0.3, -0.25) is 9.00 Å². The number of nitrogens with zero attached hydrogens (tertiary/aromatic N) is 1. The van der Waals surface area contributed by atoms with E-state index in [4.69, 9.17) is 9.47 Å². The third-order valence-corrected chi connectivity index (χ3v) is 5.63. The molecule has 156 valence electrons. The fraction of sp³-hybridized carbons (Fsp3) is 0.348. The summed E-state index contributed by atoms with van der Waals surface area (Å²) in [5, 5.41) is 0. The van der Waals surface area contributed by atoms with Crippen LogP contribution in [0.3, 0.4) is 0 Å². The van der Waals surface area contributed by atoms with Crippen molar-refractivity contribution in [1.82, 2.24) is 4.90 Å². The minimum Gasteiger partial charge on any atom is -0.493 e. The van der Waals surface area contributed by atoms with Crippen LogP contribution < -0.4 is 9.47 Å². The van der Waals surface area contributed by atoms with Gasteiger partial charge in [0.25, 0.3) is 0 Å². The van der Waals surface area contributed by atoms with E-state index in [0.717, 1.165) is 22.4 Å². The number of amides is 1. The normalized spacial score (nSPS) is 13.1. The van der Waals surface area contributed by atoms with Crippen LogP contribution in [-0.2, 0) is 15.6 Å². The lowest BCUT2D eigenvalue weighted by atomic mass is 10.1. The van der Waals surface area contributed by atoms with Crippen LogP contribution in [0.15, 0.2) is 53.4 Å². The SMILES string of the molecule is CCCOc1ccc(/C=C/C(=O)N(C)[C@H](C)c2ccc([S@](C)=O)cc2)cc1OC. The fourth-order valence-electron chi connectivity index (χ4n) is 2.76. The molecule has 0 aliphatic heterocycles. The molecule has 2 rings (SSSR count). The molecule has 1 amide bonds. The van der Waals surface area contributed by atoms with Crippen molar-refractivity contribution >= 4 is 22.8 Å². The zero-order valence-electron chi connectivity index (χ0n) is 17.7. The predicted molar refractivity (Wildman–Crippen MR) is 118 cm³/mol. The van der Waals surface area contributed by atoms with E-state index in [-0.39, 0.29) is 11.9 Å². The lowest BCUT2D eigenvalue weighted by molar-refractivity contribution is -0.126. The molecule has 0 aliphatic carbocycles. The zero-order chi connectivity index (χ0) is 21.4. The number of rotatable bonds is 9. The second-order valence-electron chi connectivity index (χ2n) is 6.74. The molecular weight excluding hydrogens is 386 g/mol. The van der Waals surface area contributed by atoms with Crippen LogP contribution in [0, 0.1) is 0 Å². The summed E-state index contributed by atoms with van der Waals surface area (Å²) >= 11 is 0. The highest BCUT2D eigenvalue weighted by atomic mass is 32.2. The van der Waals surface area contributed by atoms with E-state index in [1.165, 1.54) is 0 Å². The van der Waals surface area contributed by atoms with Crippen molar-refractivity contribution in [3.63, 3.8) is 0 Å². The Morgan fingerprint density at radius 3 is 2.45 bits per heavy atom. The highest BCUT2D eigenvalue weighted by molar-refractivity contribution is 7.84. The van der Waals surface area contributed by atoms with E-state index in [0.29, 0.717) is 18.1 Å². The van der Waals surface area contributed by atoms with Crippen LogP contribution in [0.2, 0.25) is 0 Å². The van der Waals surface area contributed by atoms with Gasteiger partial charge in [0, 0.05) is 35.1 Å². The van der Waals surface area contributed by atoms with Gasteiger partial charge in [-0.2, -0.15) is 0 Å². The Morgan fingerprint density at radius 1 is 1.17 bits per heavy atom. The van der Waals surface area contributed by atoms with E-state index in [1.807, 2.05) is 56.3 Å². The first kappa shape index (κ1) is 22.7. The molecule has 2 aromatic rings. The zero-order valence-corrected chi connectivity index (χ0v) is 18.5. The van der Waals surface area contributed by atoms with Gasteiger partial charge < -0.3 is 14.4 Å². The number of ether oxygens (including phenoxy) is 2. The summed E-state index contributed by atoms with van der Waals surface area (Å²) < 4.78 is 22.6. The molecule has 0 heterocycles. The summed E-state index contributed by atoms with van der Waals surface area (Å²) in [6, 6.07) is 13.0. The van der Waals surface area contributed by atoms with Crippen LogP contribution in [0.25, 0.3) is 6.08 Å². The van der Waals surface area contributed by atoms with Crippen molar-refractivity contribution in [2.75, 3.05) is 27.0 Å². The van der Waals surface area contributed by atoms with Crippen molar-refractivity contribution in [2.45, 2.75) is 31.2 Å². The maximum atomic E-state index is 12.6. The average Bonchev–Trinajstić information content (AvgIpc) is 2.75. The molecule has 2 atom stereocenters. The van der Waals surface area contributed by atoms with Crippen molar-refractivity contribution in [2.24, 2.45) is 0 Å². The number of methoxy groups -OCH3 is 1. The van der Waals surface area contributed by atoms with Gasteiger partial charge in [-0.1, -0.05) is 25.1 Å². The fourth-order valence-corrected chi connectivity index (χ4v) is 3.28. The average molecular weight is 416 g/mol. The summed E-state index contributed by atoms with van der Waals surface area (Å²) in [5.74, 6) is 1.23. The van der Waals surface area contributed by atoms with Crippen LogP contribution in [-0.4, -0.2) is 42.0 Å². The molecule has 0 bridgehead atoms. The highest BCUT2D eigenvalue weighted by Crippen LogP contribution is 2.29. The smallest absolute Gasteiger partial charge is 0.246 e. The molecule has 0 aliphatic rings. The molecule has 0 radical (unpaired) electrons. The van der Waals surface area contributed by atoms with Gasteiger partial charge in [-0.05, 0) is 54.8 Å². The lowest BCUT2D eigenvalue weighted by Gasteiger charge is -2.24. The molecule has 0 N–H and O–H groups in total. The molecule has 0 aromatic heterocycles. The molecule has 0 spiro atoms. The Balaban J connectivity index is 2.07. The van der Waals surface area contributed by atoms with Gasteiger partial charge in [0.15, 0.2) is 11.5 Å². The first-order chi connectivity index (χ1) is 13.9. The molecule has 0 unspecified atom stereocenters. The third kappa shape index (κ3) is 6.19. The minimum absolute atomic E-state index is 0.106.